The van der Waals surface area contributed by atoms with E-state index in [1.54, 1.807) is 0 Å². The van der Waals surface area contributed by atoms with E-state index in [4.69, 9.17) is 11.6 Å². The van der Waals surface area contributed by atoms with E-state index in [9.17, 15) is 0 Å². The highest BCUT2D eigenvalue weighted by molar-refractivity contribution is 6.31. The van der Waals surface area contributed by atoms with E-state index >= 15 is 0 Å². The third-order valence-corrected chi connectivity index (χ3v) is 3.98. The summed E-state index contributed by atoms with van der Waals surface area (Å²) in [6.45, 7) is 8.68. The van der Waals surface area contributed by atoms with E-state index in [0.29, 0.717) is 0 Å². The molecule has 1 aromatic rings. The largest absolute Gasteiger partial charge is 0.369 e. The van der Waals surface area contributed by atoms with Crippen LogP contribution in [0.25, 0.3) is 0 Å². The zero-order valence-electron chi connectivity index (χ0n) is 11.2. The molecule has 0 saturated carbocycles. The molecule has 0 amide bonds. The maximum Gasteiger partial charge on any atom is 0.0455 e. The summed E-state index contributed by atoms with van der Waals surface area (Å²) in [6.07, 6.45) is 0. The third kappa shape index (κ3) is 3.37. The molecule has 0 aromatic heterocycles. The Labute approximate surface area is 115 Å². The van der Waals surface area contributed by atoms with Crippen LogP contribution in [0.3, 0.4) is 0 Å². The minimum absolute atomic E-state index is 0.866. The number of piperazine rings is 1. The molecular weight excluding hydrogens is 246 g/mol. The zero-order chi connectivity index (χ0) is 13.0. The first-order chi connectivity index (χ1) is 8.70. The van der Waals surface area contributed by atoms with Gasteiger partial charge in [-0.15, -0.1) is 0 Å². The highest BCUT2D eigenvalue weighted by atomic mass is 35.5. The molecule has 0 radical (unpaired) electrons. The summed E-state index contributed by atoms with van der Waals surface area (Å²) in [7, 11) is 2.00. The second-order valence-electron chi connectivity index (χ2n) is 4.87. The van der Waals surface area contributed by atoms with Crippen molar-refractivity contribution in [2.75, 3.05) is 51.2 Å². The molecule has 1 aliphatic heterocycles. The summed E-state index contributed by atoms with van der Waals surface area (Å²) in [5.41, 5.74) is 2.40. The van der Waals surface area contributed by atoms with Crippen LogP contribution in [0, 0.1) is 6.92 Å². The molecule has 2 rings (SSSR count). The fourth-order valence-electron chi connectivity index (χ4n) is 2.28. The molecule has 18 heavy (non-hydrogen) atoms. The average Bonchev–Trinajstić information content (AvgIpc) is 2.40. The lowest BCUT2D eigenvalue weighted by Crippen LogP contribution is -2.48. The highest BCUT2D eigenvalue weighted by Crippen LogP contribution is 2.23. The van der Waals surface area contributed by atoms with Crippen LogP contribution in [-0.2, 0) is 0 Å². The van der Waals surface area contributed by atoms with Crippen LogP contribution in [-0.4, -0.2) is 51.2 Å². The fraction of sp³-hybridized carbons (Fsp3) is 0.571. The highest BCUT2D eigenvalue weighted by Gasteiger charge is 2.16. The molecule has 0 aliphatic carbocycles. The van der Waals surface area contributed by atoms with Crippen molar-refractivity contribution >= 4 is 17.3 Å². The van der Waals surface area contributed by atoms with E-state index in [0.717, 1.165) is 49.9 Å². The number of anilines is 1. The summed E-state index contributed by atoms with van der Waals surface area (Å²) >= 11 is 6.18. The summed E-state index contributed by atoms with van der Waals surface area (Å²) in [6, 6.07) is 6.36. The lowest BCUT2D eigenvalue weighted by Gasteiger charge is -2.36. The molecule has 1 saturated heterocycles. The maximum absolute atomic E-state index is 6.18. The first-order valence-corrected chi connectivity index (χ1v) is 6.96. The molecule has 1 N–H and O–H groups in total. The summed E-state index contributed by atoms with van der Waals surface area (Å²) < 4.78 is 0. The van der Waals surface area contributed by atoms with Gasteiger partial charge in [0.1, 0.15) is 0 Å². The first kappa shape index (κ1) is 13.7. The Balaban J connectivity index is 1.90. The zero-order valence-corrected chi connectivity index (χ0v) is 12.0. The number of rotatable bonds is 4. The molecule has 100 valence electrons. The van der Waals surface area contributed by atoms with Crippen LogP contribution < -0.4 is 10.2 Å². The van der Waals surface area contributed by atoms with Crippen molar-refractivity contribution < 1.29 is 0 Å². The van der Waals surface area contributed by atoms with Crippen LogP contribution in [0.4, 0.5) is 5.69 Å². The number of nitrogens with one attached hydrogen (secondary N) is 1. The predicted molar refractivity (Wildman–Crippen MR) is 78.8 cm³/mol. The van der Waals surface area contributed by atoms with Crippen molar-refractivity contribution in [3.8, 4) is 0 Å². The fourth-order valence-corrected chi connectivity index (χ4v) is 2.45. The van der Waals surface area contributed by atoms with Crippen LogP contribution in [0.1, 0.15) is 5.56 Å². The van der Waals surface area contributed by atoms with Gasteiger partial charge < -0.3 is 10.2 Å². The smallest absolute Gasteiger partial charge is 0.0455 e. The van der Waals surface area contributed by atoms with Gasteiger partial charge in [-0.2, -0.15) is 0 Å². The number of hydrogen-bond acceptors (Lipinski definition) is 3. The molecule has 4 heteroatoms. The summed E-state index contributed by atoms with van der Waals surface area (Å²) in [4.78, 5) is 4.92. The van der Waals surface area contributed by atoms with Crippen LogP contribution in [0.15, 0.2) is 18.2 Å². The van der Waals surface area contributed by atoms with E-state index in [1.807, 2.05) is 14.0 Å². The number of aryl methyl sites for hydroxylation is 1. The quantitative estimate of drug-likeness (QED) is 0.900. The molecule has 1 heterocycles. The van der Waals surface area contributed by atoms with Crippen molar-refractivity contribution in [1.82, 2.24) is 10.2 Å². The average molecular weight is 268 g/mol. The van der Waals surface area contributed by atoms with Crippen molar-refractivity contribution in [1.29, 1.82) is 0 Å². The number of nitrogens with zero attached hydrogens (tertiary/aromatic N) is 2. The minimum Gasteiger partial charge on any atom is -0.369 e. The Morgan fingerprint density at radius 3 is 2.56 bits per heavy atom. The number of hydrogen-bond donors (Lipinski definition) is 1. The SMILES string of the molecule is CNCCN1CCN(c2ccc(C)c(Cl)c2)CC1. The lowest BCUT2D eigenvalue weighted by molar-refractivity contribution is 0.260. The van der Waals surface area contributed by atoms with Gasteiger partial charge in [0, 0.05) is 50.0 Å². The van der Waals surface area contributed by atoms with Crippen LogP contribution in [0.5, 0.6) is 0 Å². The number of halogens is 1. The van der Waals surface area contributed by atoms with Crippen molar-refractivity contribution in [2.45, 2.75) is 6.92 Å². The van der Waals surface area contributed by atoms with Crippen molar-refractivity contribution in [2.24, 2.45) is 0 Å². The second-order valence-corrected chi connectivity index (χ2v) is 5.27. The normalized spacial score (nSPS) is 17.2. The molecule has 3 nitrogen and oxygen atoms in total. The van der Waals surface area contributed by atoms with Gasteiger partial charge in [-0.1, -0.05) is 17.7 Å². The molecule has 0 unspecified atom stereocenters. The van der Waals surface area contributed by atoms with Gasteiger partial charge >= 0.3 is 0 Å². The van der Waals surface area contributed by atoms with Crippen LogP contribution in [0.2, 0.25) is 5.02 Å². The van der Waals surface area contributed by atoms with Gasteiger partial charge in [0.15, 0.2) is 0 Å². The topological polar surface area (TPSA) is 18.5 Å². The number of benzene rings is 1. The van der Waals surface area contributed by atoms with Crippen molar-refractivity contribution in [3.63, 3.8) is 0 Å². The third-order valence-electron chi connectivity index (χ3n) is 3.57. The Bertz CT molecular complexity index is 387. The van der Waals surface area contributed by atoms with E-state index in [2.05, 4.69) is 33.3 Å². The van der Waals surface area contributed by atoms with Gasteiger partial charge in [-0.25, -0.2) is 0 Å². The Kier molecular flexibility index (Phi) is 4.87. The van der Waals surface area contributed by atoms with Gasteiger partial charge in [0.25, 0.3) is 0 Å². The van der Waals surface area contributed by atoms with Gasteiger partial charge in [0.2, 0.25) is 0 Å². The minimum atomic E-state index is 0.866. The molecule has 1 aliphatic rings. The van der Waals surface area contributed by atoms with Gasteiger partial charge in [0.05, 0.1) is 0 Å². The Morgan fingerprint density at radius 1 is 1.22 bits per heavy atom. The van der Waals surface area contributed by atoms with E-state index in [-0.39, 0.29) is 0 Å². The van der Waals surface area contributed by atoms with E-state index < -0.39 is 0 Å². The van der Waals surface area contributed by atoms with Crippen molar-refractivity contribution in [3.05, 3.63) is 28.8 Å². The standard InChI is InChI=1S/C14H22ClN3/c1-12-3-4-13(11-14(12)15)18-9-7-17(8-10-18)6-5-16-2/h3-4,11,16H,5-10H2,1-2H3. The molecule has 0 bridgehead atoms. The monoisotopic (exact) mass is 267 g/mol. The molecule has 0 atom stereocenters. The lowest BCUT2D eigenvalue weighted by atomic mass is 10.2. The Morgan fingerprint density at radius 2 is 1.94 bits per heavy atom. The first-order valence-electron chi connectivity index (χ1n) is 6.59. The Hall–Kier alpha value is -0.770. The van der Waals surface area contributed by atoms with E-state index in [1.165, 1.54) is 5.69 Å². The predicted octanol–water partition coefficient (Wildman–Crippen LogP) is 1.99. The summed E-state index contributed by atoms with van der Waals surface area (Å²) in [5.74, 6) is 0. The van der Waals surface area contributed by atoms with Gasteiger partial charge in [-0.05, 0) is 31.7 Å². The molecule has 1 fully saturated rings. The molecular formula is C14H22ClN3. The summed E-state index contributed by atoms with van der Waals surface area (Å²) in [5, 5.41) is 4.06. The van der Waals surface area contributed by atoms with Gasteiger partial charge in [-0.3, -0.25) is 4.90 Å². The number of likely N-dealkylation sites (N-methyl/N-ethyl adjacent to an activating group) is 1. The second kappa shape index (κ2) is 6.41. The molecule has 0 spiro atoms. The molecule has 1 aromatic carbocycles. The van der Waals surface area contributed by atoms with Crippen LogP contribution >= 0.6 is 11.6 Å². The maximum atomic E-state index is 6.18.